The second kappa shape index (κ2) is 9.72. The van der Waals surface area contributed by atoms with Gasteiger partial charge in [0.25, 0.3) is 0 Å². The molecule has 2 aromatic rings. The number of phenols is 2. The van der Waals surface area contributed by atoms with Gasteiger partial charge in [-0.1, -0.05) is 58.3 Å². The zero-order valence-electron chi connectivity index (χ0n) is 14.8. The molecule has 134 valence electrons. The fourth-order valence-electron chi connectivity index (χ4n) is 3.14. The summed E-state index contributed by atoms with van der Waals surface area (Å²) in [5, 5.41) is 20.8. The molecule has 0 radical (unpaired) electrons. The van der Waals surface area contributed by atoms with E-state index in [0.717, 1.165) is 12.8 Å². The zero-order chi connectivity index (χ0) is 17.4. The van der Waals surface area contributed by atoms with Gasteiger partial charge in [-0.25, -0.2) is 4.98 Å². The van der Waals surface area contributed by atoms with Gasteiger partial charge in [-0.3, -0.25) is 0 Å². The van der Waals surface area contributed by atoms with E-state index in [1.165, 1.54) is 63.4 Å². The van der Waals surface area contributed by atoms with E-state index < -0.39 is 0 Å². The molecule has 0 saturated heterocycles. The Balaban J connectivity index is 1.85. The number of unbranched alkanes of at least 4 members (excludes halogenated alkanes) is 8. The predicted octanol–water partition coefficient (Wildman–Crippen LogP) is 5.79. The number of aromatic hydroxyl groups is 2. The monoisotopic (exact) mass is 351 g/mol. The van der Waals surface area contributed by atoms with Crippen molar-refractivity contribution in [3.05, 3.63) is 11.1 Å². The Morgan fingerprint density at radius 3 is 2.21 bits per heavy atom. The molecule has 0 unspecified atom stereocenters. The molecular weight excluding hydrogens is 322 g/mol. The van der Waals surface area contributed by atoms with E-state index >= 15 is 0 Å². The molecule has 0 aliphatic heterocycles. The number of methoxy groups -OCH3 is 1. The summed E-state index contributed by atoms with van der Waals surface area (Å²) in [5.41, 5.74) is 2.78. The van der Waals surface area contributed by atoms with Gasteiger partial charge in [-0.05, 0) is 12.8 Å². The second-order valence-corrected chi connectivity index (χ2v) is 7.17. The minimum absolute atomic E-state index is 0.0960. The van der Waals surface area contributed by atoms with Gasteiger partial charge < -0.3 is 14.9 Å². The predicted molar refractivity (Wildman–Crippen MR) is 100 cm³/mol. The number of nitrogens with zero attached hydrogens (tertiary/aromatic N) is 1. The number of phenolic OH excluding ortho intramolecular Hbond substituents is 2. The number of thiazole rings is 1. The van der Waals surface area contributed by atoms with Gasteiger partial charge in [0.05, 0.1) is 12.6 Å². The standard InChI is InChI=1S/C19H29NO3S/c1-3-4-5-6-7-8-9-10-11-12-14-16(21)15-19(24-13-20-15)17(22)18(14)23-2/h13,21-22H,3-12H2,1-2H3. The maximum absolute atomic E-state index is 10.5. The SMILES string of the molecule is CCCCCCCCCCCc1c(OC)c(O)c2scnc2c1O. The first-order chi connectivity index (χ1) is 11.7. The summed E-state index contributed by atoms with van der Waals surface area (Å²) >= 11 is 1.31. The quantitative estimate of drug-likeness (QED) is 0.397. The Labute approximate surface area is 148 Å². The molecule has 0 aliphatic carbocycles. The van der Waals surface area contributed by atoms with E-state index in [-0.39, 0.29) is 11.5 Å². The molecule has 1 aromatic heterocycles. The van der Waals surface area contributed by atoms with Crippen LogP contribution in [-0.2, 0) is 6.42 Å². The third kappa shape index (κ3) is 4.53. The van der Waals surface area contributed by atoms with Crippen molar-refractivity contribution in [3.63, 3.8) is 0 Å². The fourth-order valence-corrected chi connectivity index (χ4v) is 3.87. The average molecular weight is 352 g/mol. The molecule has 0 amide bonds. The lowest BCUT2D eigenvalue weighted by molar-refractivity contribution is 0.366. The first kappa shape index (κ1) is 18.8. The van der Waals surface area contributed by atoms with Crippen molar-refractivity contribution in [1.29, 1.82) is 0 Å². The second-order valence-electron chi connectivity index (χ2n) is 6.32. The number of benzene rings is 1. The van der Waals surface area contributed by atoms with Gasteiger partial charge in [0, 0.05) is 5.56 Å². The smallest absolute Gasteiger partial charge is 0.178 e. The van der Waals surface area contributed by atoms with Crippen LogP contribution in [-0.4, -0.2) is 22.3 Å². The highest BCUT2D eigenvalue weighted by molar-refractivity contribution is 7.17. The summed E-state index contributed by atoms with van der Waals surface area (Å²) in [6.45, 7) is 2.24. The molecule has 24 heavy (non-hydrogen) atoms. The molecule has 2 rings (SSSR count). The molecule has 0 bridgehead atoms. The maximum atomic E-state index is 10.5. The maximum Gasteiger partial charge on any atom is 0.178 e. The summed E-state index contributed by atoms with van der Waals surface area (Å²) in [6.07, 6.45) is 12.0. The highest BCUT2D eigenvalue weighted by Crippen LogP contribution is 2.46. The van der Waals surface area contributed by atoms with E-state index in [1.807, 2.05) is 0 Å². The van der Waals surface area contributed by atoms with Gasteiger partial charge in [-0.2, -0.15) is 0 Å². The van der Waals surface area contributed by atoms with E-state index in [0.29, 0.717) is 28.0 Å². The summed E-state index contributed by atoms with van der Waals surface area (Å²) in [5.74, 6) is 0.642. The largest absolute Gasteiger partial charge is 0.505 e. The first-order valence-electron chi connectivity index (χ1n) is 9.04. The van der Waals surface area contributed by atoms with Gasteiger partial charge in [-0.15, -0.1) is 11.3 Å². The van der Waals surface area contributed by atoms with Gasteiger partial charge in [0.1, 0.15) is 16.0 Å². The van der Waals surface area contributed by atoms with Crippen LogP contribution in [0, 0.1) is 0 Å². The highest BCUT2D eigenvalue weighted by atomic mass is 32.1. The van der Waals surface area contributed by atoms with Crippen molar-refractivity contribution in [2.24, 2.45) is 0 Å². The molecule has 1 aromatic carbocycles. The van der Waals surface area contributed by atoms with Crippen LogP contribution in [0.3, 0.4) is 0 Å². The Bertz CT molecular complexity index is 639. The molecule has 2 N–H and O–H groups in total. The molecule has 0 aliphatic rings. The lowest BCUT2D eigenvalue weighted by Crippen LogP contribution is -1.95. The van der Waals surface area contributed by atoms with Crippen molar-refractivity contribution in [3.8, 4) is 17.2 Å². The molecule has 0 atom stereocenters. The van der Waals surface area contributed by atoms with Crippen LogP contribution in [0.25, 0.3) is 10.2 Å². The topological polar surface area (TPSA) is 62.6 Å². The van der Waals surface area contributed by atoms with E-state index in [4.69, 9.17) is 4.74 Å². The molecule has 5 heteroatoms. The number of fused-ring (bicyclic) bond motifs is 1. The summed E-state index contributed by atoms with van der Waals surface area (Å²) < 4.78 is 5.92. The third-order valence-electron chi connectivity index (χ3n) is 4.52. The van der Waals surface area contributed by atoms with Crippen LogP contribution in [0.2, 0.25) is 0 Å². The van der Waals surface area contributed by atoms with Crippen LogP contribution in [0.5, 0.6) is 17.2 Å². The van der Waals surface area contributed by atoms with Crippen LogP contribution < -0.4 is 4.74 Å². The molecular formula is C19H29NO3S. The van der Waals surface area contributed by atoms with E-state index in [1.54, 1.807) is 5.51 Å². The van der Waals surface area contributed by atoms with Crippen LogP contribution in [0.15, 0.2) is 5.51 Å². The normalized spacial score (nSPS) is 11.2. The number of aromatic nitrogens is 1. The third-order valence-corrected chi connectivity index (χ3v) is 5.35. The molecule has 4 nitrogen and oxygen atoms in total. The van der Waals surface area contributed by atoms with Gasteiger partial charge >= 0.3 is 0 Å². The van der Waals surface area contributed by atoms with Crippen molar-refractivity contribution in [2.45, 2.75) is 71.1 Å². The number of rotatable bonds is 11. The first-order valence-corrected chi connectivity index (χ1v) is 9.92. The van der Waals surface area contributed by atoms with Crippen molar-refractivity contribution < 1.29 is 14.9 Å². The van der Waals surface area contributed by atoms with E-state index in [9.17, 15) is 10.2 Å². The fraction of sp³-hybridized carbons (Fsp3) is 0.632. The Morgan fingerprint density at radius 2 is 1.58 bits per heavy atom. The highest BCUT2D eigenvalue weighted by Gasteiger charge is 2.21. The van der Waals surface area contributed by atoms with Crippen molar-refractivity contribution in [1.82, 2.24) is 4.98 Å². The minimum atomic E-state index is 0.0960. The summed E-state index contributed by atoms with van der Waals surface area (Å²) in [4.78, 5) is 4.16. The van der Waals surface area contributed by atoms with Crippen LogP contribution >= 0.6 is 11.3 Å². The van der Waals surface area contributed by atoms with Crippen LogP contribution in [0.1, 0.15) is 70.3 Å². The minimum Gasteiger partial charge on any atom is -0.505 e. The number of hydrogen-bond donors (Lipinski definition) is 2. The number of ether oxygens (including phenoxy) is 1. The lowest BCUT2D eigenvalue weighted by Gasteiger charge is -2.13. The Morgan fingerprint density at radius 1 is 0.958 bits per heavy atom. The summed E-state index contributed by atoms with van der Waals surface area (Å²) in [6, 6.07) is 0. The van der Waals surface area contributed by atoms with Crippen molar-refractivity contribution in [2.75, 3.05) is 7.11 Å². The van der Waals surface area contributed by atoms with Gasteiger partial charge in [0.2, 0.25) is 0 Å². The summed E-state index contributed by atoms with van der Waals surface area (Å²) in [7, 11) is 1.53. The molecule has 1 heterocycles. The average Bonchev–Trinajstić information content (AvgIpc) is 3.08. The number of hydrogen-bond acceptors (Lipinski definition) is 5. The van der Waals surface area contributed by atoms with Gasteiger partial charge in [0.15, 0.2) is 11.5 Å². The van der Waals surface area contributed by atoms with Crippen molar-refractivity contribution >= 4 is 21.6 Å². The van der Waals surface area contributed by atoms with Crippen LogP contribution in [0.4, 0.5) is 0 Å². The molecule has 0 spiro atoms. The molecule has 0 saturated carbocycles. The molecule has 0 fully saturated rings. The van der Waals surface area contributed by atoms with E-state index in [2.05, 4.69) is 11.9 Å². The zero-order valence-corrected chi connectivity index (χ0v) is 15.6. The Hall–Kier alpha value is -1.49. The Kier molecular flexibility index (Phi) is 7.63. The lowest BCUT2D eigenvalue weighted by atomic mass is 10.0.